The molecule has 2 atom stereocenters. The van der Waals surface area contributed by atoms with Gasteiger partial charge >= 0.3 is 0 Å². The standard InChI is InChI=1S/C17H19NO3S/c1-13(19)14-7-6-8-16-15(14)9-12-18(16)22(20,21)17(2)10-4-3-5-11-17/h3-10,12-13,19H,11H2,1-2H3. The molecule has 22 heavy (non-hydrogen) atoms. The van der Waals surface area contributed by atoms with E-state index in [1.165, 1.54) is 3.97 Å². The zero-order chi connectivity index (χ0) is 16.0. The Hall–Kier alpha value is -1.85. The molecule has 1 heterocycles. The number of hydrogen-bond donors (Lipinski definition) is 1. The van der Waals surface area contributed by atoms with Gasteiger partial charge in [0.2, 0.25) is 10.0 Å². The van der Waals surface area contributed by atoms with E-state index in [1.807, 2.05) is 18.2 Å². The molecule has 0 radical (unpaired) electrons. The molecule has 0 fully saturated rings. The lowest BCUT2D eigenvalue weighted by Crippen LogP contribution is -2.37. The van der Waals surface area contributed by atoms with Crippen LogP contribution in [0, 0.1) is 0 Å². The van der Waals surface area contributed by atoms with Gasteiger partial charge in [0, 0.05) is 11.6 Å². The van der Waals surface area contributed by atoms with E-state index in [2.05, 4.69) is 0 Å². The van der Waals surface area contributed by atoms with Crippen LogP contribution in [0.25, 0.3) is 10.9 Å². The molecular formula is C17H19NO3S. The minimum atomic E-state index is -3.59. The zero-order valence-corrected chi connectivity index (χ0v) is 13.4. The highest BCUT2D eigenvalue weighted by Crippen LogP contribution is 2.33. The van der Waals surface area contributed by atoms with Gasteiger partial charge in [-0.1, -0.05) is 36.4 Å². The number of aliphatic hydroxyl groups is 1. The highest BCUT2D eigenvalue weighted by Gasteiger charge is 2.38. The average molecular weight is 317 g/mol. The van der Waals surface area contributed by atoms with Crippen molar-refractivity contribution in [2.75, 3.05) is 0 Å². The topological polar surface area (TPSA) is 59.3 Å². The van der Waals surface area contributed by atoms with E-state index in [0.29, 0.717) is 11.9 Å². The van der Waals surface area contributed by atoms with Crippen molar-refractivity contribution >= 4 is 20.9 Å². The van der Waals surface area contributed by atoms with Crippen LogP contribution < -0.4 is 0 Å². The van der Waals surface area contributed by atoms with E-state index in [0.717, 1.165) is 10.9 Å². The molecule has 1 aromatic carbocycles. The van der Waals surface area contributed by atoms with Gasteiger partial charge in [0.1, 0.15) is 4.75 Å². The largest absolute Gasteiger partial charge is 0.389 e. The highest BCUT2D eigenvalue weighted by atomic mass is 32.2. The smallest absolute Gasteiger partial charge is 0.248 e. The molecule has 1 aliphatic rings. The first kappa shape index (κ1) is 15.1. The van der Waals surface area contributed by atoms with E-state index in [-0.39, 0.29) is 0 Å². The summed E-state index contributed by atoms with van der Waals surface area (Å²) in [6.07, 6.45) is 8.60. The third-order valence-electron chi connectivity index (χ3n) is 4.25. The lowest BCUT2D eigenvalue weighted by Gasteiger charge is -2.27. The maximum absolute atomic E-state index is 13.1. The van der Waals surface area contributed by atoms with Gasteiger partial charge in [0.25, 0.3) is 0 Å². The van der Waals surface area contributed by atoms with Gasteiger partial charge in [-0.2, -0.15) is 0 Å². The molecule has 3 rings (SSSR count). The molecule has 4 nitrogen and oxygen atoms in total. The number of aromatic nitrogens is 1. The quantitative estimate of drug-likeness (QED) is 0.946. The van der Waals surface area contributed by atoms with Crippen LogP contribution in [0.15, 0.2) is 54.8 Å². The Labute approximate surface area is 130 Å². The molecule has 0 bridgehead atoms. The van der Waals surface area contributed by atoms with Gasteiger partial charge in [0.15, 0.2) is 0 Å². The lowest BCUT2D eigenvalue weighted by atomic mass is 10.0. The van der Waals surface area contributed by atoms with Gasteiger partial charge in [-0.3, -0.25) is 0 Å². The summed E-state index contributed by atoms with van der Waals surface area (Å²) in [6.45, 7) is 3.41. The summed E-state index contributed by atoms with van der Waals surface area (Å²) in [5.41, 5.74) is 1.33. The molecule has 1 aliphatic carbocycles. The lowest BCUT2D eigenvalue weighted by molar-refractivity contribution is 0.201. The number of rotatable bonds is 3. The zero-order valence-electron chi connectivity index (χ0n) is 12.6. The molecule has 0 saturated heterocycles. The Morgan fingerprint density at radius 1 is 1.27 bits per heavy atom. The van der Waals surface area contributed by atoms with E-state index in [1.54, 1.807) is 50.4 Å². The van der Waals surface area contributed by atoms with Gasteiger partial charge in [-0.15, -0.1) is 0 Å². The molecule has 0 saturated carbocycles. The van der Waals surface area contributed by atoms with Crippen LogP contribution >= 0.6 is 0 Å². The average Bonchev–Trinajstić information content (AvgIpc) is 2.92. The second-order valence-corrected chi connectivity index (χ2v) is 8.15. The Bertz CT molecular complexity index is 874. The minimum absolute atomic E-state index is 0.446. The SMILES string of the molecule is CC(O)c1cccc2c1ccn2S(=O)(=O)C1(C)C=CC=CC1. The summed E-state index contributed by atoms with van der Waals surface area (Å²) >= 11 is 0. The van der Waals surface area contributed by atoms with Crippen LogP contribution in [-0.4, -0.2) is 22.2 Å². The number of nitrogens with zero attached hydrogens (tertiary/aromatic N) is 1. The van der Waals surface area contributed by atoms with Gasteiger partial charge in [0.05, 0.1) is 11.6 Å². The van der Waals surface area contributed by atoms with E-state index in [9.17, 15) is 13.5 Å². The second-order valence-electron chi connectivity index (χ2n) is 5.88. The fourth-order valence-corrected chi connectivity index (χ4v) is 4.51. The summed E-state index contributed by atoms with van der Waals surface area (Å²) in [4.78, 5) is 0. The fraction of sp³-hybridized carbons (Fsp3) is 0.294. The van der Waals surface area contributed by atoms with Crippen LogP contribution in [0.3, 0.4) is 0 Å². The predicted octanol–water partition coefficient (Wildman–Crippen LogP) is 3.15. The molecular weight excluding hydrogens is 298 g/mol. The van der Waals surface area contributed by atoms with Gasteiger partial charge in [-0.05, 0) is 38.0 Å². The highest BCUT2D eigenvalue weighted by molar-refractivity contribution is 7.91. The molecule has 1 N–H and O–H groups in total. The van der Waals surface area contributed by atoms with Gasteiger partial charge < -0.3 is 5.11 Å². The fourth-order valence-electron chi connectivity index (χ4n) is 2.86. The summed E-state index contributed by atoms with van der Waals surface area (Å²) in [5, 5.41) is 10.6. The first-order chi connectivity index (χ1) is 10.4. The number of aliphatic hydroxyl groups excluding tert-OH is 1. The van der Waals surface area contributed by atoms with Crippen molar-refractivity contribution in [1.29, 1.82) is 0 Å². The second kappa shape index (κ2) is 5.11. The number of hydrogen-bond acceptors (Lipinski definition) is 3. The molecule has 2 unspecified atom stereocenters. The molecule has 0 amide bonds. The van der Waals surface area contributed by atoms with E-state index >= 15 is 0 Å². The number of benzene rings is 1. The number of fused-ring (bicyclic) bond motifs is 1. The minimum Gasteiger partial charge on any atom is -0.389 e. The third-order valence-corrected chi connectivity index (χ3v) is 6.57. The Balaban J connectivity index is 2.21. The molecule has 5 heteroatoms. The summed E-state index contributed by atoms with van der Waals surface area (Å²) in [5.74, 6) is 0. The summed E-state index contributed by atoms with van der Waals surface area (Å²) in [7, 11) is -3.59. The normalized spacial score (nSPS) is 23.0. The van der Waals surface area contributed by atoms with Crippen molar-refractivity contribution in [2.45, 2.75) is 31.1 Å². The van der Waals surface area contributed by atoms with Crippen molar-refractivity contribution in [3.63, 3.8) is 0 Å². The Morgan fingerprint density at radius 3 is 2.68 bits per heavy atom. The first-order valence-corrected chi connectivity index (χ1v) is 8.68. The third kappa shape index (κ3) is 2.12. The van der Waals surface area contributed by atoms with E-state index in [4.69, 9.17) is 0 Å². The maximum Gasteiger partial charge on any atom is 0.248 e. The van der Waals surface area contributed by atoms with Crippen LogP contribution in [0.1, 0.15) is 31.9 Å². The molecule has 2 aromatic rings. The molecule has 0 aliphatic heterocycles. The van der Waals surface area contributed by atoms with Gasteiger partial charge in [-0.25, -0.2) is 12.4 Å². The van der Waals surface area contributed by atoms with Crippen LogP contribution in [0.5, 0.6) is 0 Å². The maximum atomic E-state index is 13.1. The van der Waals surface area contributed by atoms with Crippen molar-refractivity contribution in [2.24, 2.45) is 0 Å². The predicted molar refractivity (Wildman–Crippen MR) is 88.2 cm³/mol. The van der Waals surface area contributed by atoms with Crippen LogP contribution in [-0.2, 0) is 10.0 Å². The van der Waals surface area contributed by atoms with Crippen molar-refractivity contribution in [3.05, 3.63) is 60.3 Å². The Kier molecular flexibility index (Phi) is 3.50. The number of allylic oxidation sites excluding steroid dienone is 3. The van der Waals surface area contributed by atoms with Crippen LogP contribution in [0.2, 0.25) is 0 Å². The first-order valence-electron chi connectivity index (χ1n) is 7.24. The monoisotopic (exact) mass is 317 g/mol. The van der Waals surface area contributed by atoms with Crippen LogP contribution in [0.4, 0.5) is 0 Å². The van der Waals surface area contributed by atoms with Crippen molar-refractivity contribution < 1.29 is 13.5 Å². The van der Waals surface area contributed by atoms with Crippen molar-refractivity contribution in [1.82, 2.24) is 3.97 Å². The summed E-state index contributed by atoms with van der Waals surface area (Å²) in [6, 6.07) is 7.11. The molecule has 116 valence electrons. The molecule has 0 spiro atoms. The Morgan fingerprint density at radius 2 is 2.05 bits per heavy atom. The van der Waals surface area contributed by atoms with E-state index < -0.39 is 20.9 Å². The summed E-state index contributed by atoms with van der Waals surface area (Å²) < 4.78 is 26.5. The van der Waals surface area contributed by atoms with Crippen molar-refractivity contribution in [3.8, 4) is 0 Å². The molecule has 1 aromatic heterocycles.